The number of aromatic nitrogens is 3. The van der Waals surface area contributed by atoms with Crippen LogP contribution in [-0.2, 0) is 11.3 Å². The average Bonchev–Trinajstić information content (AvgIpc) is 2.69. The molecule has 0 saturated carbocycles. The minimum atomic E-state index is -0.263. The van der Waals surface area contributed by atoms with Crippen LogP contribution in [0, 0.1) is 11.3 Å². The normalized spacial score (nSPS) is 10.5. The van der Waals surface area contributed by atoms with E-state index in [2.05, 4.69) is 21.7 Å². The molecule has 3 rings (SSSR count). The maximum atomic E-state index is 12.4. The highest BCUT2D eigenvalue weighted by atomic mass is 32.2. The summed E-state index contributed by atoms with van der Waals surface area (Å²) in [7, 11) is 0. The van der Waals surface area contributed by atoms with Crippen LogP contribution in [0.1, 0.15) is 12.8 Å². The Labute approximate surface area is 160 Å². The Balaban J connectivity index is 1.65. The number of hydrogen-bond acceptors (Lipinski definition) is 6. The summed E-state index contributed by atoms with van der Waals surface area (Å²) >= 11 is 1.52. The minimum absolute atomic E-state index is 0.101. The zero-order valence-electron chi connectivity index (χ0n) is 14.5. The van der Waals surface area contributed by atoms with Crippen LogP contribution in [0.4, 0.5) is 5.69 Å². The van der Waals surface area contributed by atoms with E-state index < -0.39 is 0 Å². The number of para-hydroxylation sites is 1. The molecule has 0 unspecified atom stereocenters. The molecule has 0 fully saturated rings. The summed E-state index contributed by atoms with van der Waals surface area (Å²) in [5, 5.41) is 19.9. The van der Waals surface area contributed by atoms with Crippen molar-refractivity contribution in [3.05, 3.63) is 58.9 Å². The summed E-state index contributed by atoms with van der Waals surface area (Å²) < 4.78 is 1.20. The van der Waals surface area contributed by atoms with E-state index in [1.807, 2.05) is 24.3 Å². The molecule has 1 N–H and O–H groups in total. The molecular weight excluding hydrogens is 362 g/mol. The Morgan fingerprint density at radius 2 is 1.96 bits per heavy atom. The fourth-order valence-corrected chi connectivity index (χ4v) is 3.35. The molecule has 0 radical (unpaired) electrons. The van der Waals surface area contributed by atoms with Gasteiger partial charge in [-0.15, -0.1) is 16.9 Å². The first-order chi connectivity index (χ1) is 13.2. The molecule has 1 aromatic heterocycles. The number of nitrogens with zero attached hydrogens (tertiary/aromatic N) is 4. The molecular formula is C19H17N5O2S. The number of fused-ring (bicyclic) bond motifs is 1. The van der Waals surface area contributed by atoms with Crippen LogP contribution in [-0.4, -0.2) is 26.7 Å². The van der Waals surface area contributed by atoms with Gasteiger partial charge in [0.2, 0.25) is 5.91 Å². The van der Waals surface area contributed by atoms with E-state index in [4.69, 9.17) is 5.26 Å². The summed E-state index contributed by atoms with van der Waals surface area (Å²) in [5.41, 5.74) is 0.967. The third-order valence-electron chi connectivity index (χ3n) is 3.81. The van der Waals surface area contributed by atoms with Gasteiger partial charge >= 0.3 is 0 Å². The van der Waals surface area contributed by atoms with Crippen LogP contribution in [0.5, 0.6) is 0 Å². The summed E-state index contributed by atoms with van der Waals surface area (Å²) in [6, 6.07) is 16.5. The van der Waals surface area contributed by atoms with E-state index in [1.165, 1.54) is 16.4 Å². The maximum Gasteiger partial charge on any atom is 0.277 e. The van der Waals surface area contributed by atoms with Gasteiger partial charge in [0.1, 0.15) is 5.52 Å². The van der Waals surface area contributed by atoms with Gasteiger partial charge in [-0.05, 0) is 24.3 Å². The number of amides is 1. The van der Waals surface area contributed by atoms with Gasteiger partial charge in [0, 0.05) is 23.5 Å². The summed E-state index contributed by atoms with van der Waals surface area (Å²) in [5.74, 6) is 0.441. The molecule has 7 nitrogen and oxygen atoms in total. The summed E-state index contributed by atoms with van der Waals surface area (Å²) in [6.45, 7) is 0.145. The molecule has 0 spiro atoms. The zero-order valence-corrected chi connectivity index (χ0v) is 15.3. The molecule has 3 aromatic rings. The van der Waals surface area contributed by atoms with Crippen molar-refractivity contribution < 1.29 is 4.79 Å². The smallest absolute Gasteiger partial charge is 0.277 e. The van der Waals surface area contributed by atoms with E-state index in [0.717, 1.165) is 4.90 Å². The number of benzene rings is 2. The molecule has 2 aromatic carbocycles. The van der Waals surface area contributed by atoms with Crippen molar-refractivity contribution in [2.24, 2.45) is 0 Å². The molecule has 0 atom stereocenters. The van der Waals surface area contributed by atoms with Crippen LogP contribution in [0.15, 0.2) is 58.2 Å². The number of carbonyl (C=O) groups excluding carboxylic acids is 1. The van der Waals surface area contributed by atoms with Gasteiger partial charge in [-0.3, -0.25) is 9.59 Å². The van der Waals surface area contributed by atoms with Gasteiger partial charge in [0.15, 0.2) is 0 Å². The quantitative estimate of drug-likeness (QED) is 0.500. The molecule has 1 amide bonds. The van der Waals surface area contributed by atoms with E-state index in [1.54, 1.807) is 24.3 Å². The van der Waals surface area contributed by atoms with Gasteiger partial charge in [-0.1, -0.05) is 29.5 Å². The zero-order chi connectivity index (χ0) is 19.1. The van der Waals surface area contributed by atoms with Gasteiger partial charge in [-0.2, -0.15) is 5.26 Å². The van der Waals surface area contributed by atoms with E-state index in [0.29, 0.717) is 28.8 Å². The van der Waals surface area contributed by atoms with Crippen LogP contribution < -0.4 is 10.9 Å². The van der Waals surface area contributed by atoms with Gasteiger partial charge in [0.25, 0.3) is 5.56 Å². The highest BCUT2D eigenvalue weighted by Gasteiger charge is 2.10. The first-order valence-corrected chi connectivity index (χ1v) is 9.39. The average molecular weight is 379 g/mol. The van der Waals surface area contributed by atoms with Crippen molar-refractivity contribution in [3.8, 4) is 6.07 Å². The van der Waals surface area contributed by atoms with Gasteiger partial charge in [0.05, 0.1) is 23.7 Å². The Morgan fingerprint density at radius 3 is 2.81 bits per heavy atom. The van der Waals surface area contributed by atoms with Gasteiger partial charge in [-0.25, -0.2) is 4.68 Å². The predicted octanol–water partition coefficient (Wildman–Crippen LogP) is 2.83. The summed E-state index contributed by atoms with van der Waals surface area (Å²) in [4.78, 5) is 25.6. The fraction of sp³-hybridized carbons (Fsp3) is 0.211. The van der Waals surface area contributed by atoms with Crippen molar-refractivity contribution >= 4 is 34.3 Å². The van der Waals surface area contributed by atoms with E-state index >= 15 is 0 Å². The Hall–Kier alpha value is -3.18. The number of aryl methyl sites for hydroxylation is 1. The second-order valence-corrected chi connectivity index (χ2v) is 6.82. The SMILES string of the molecule is N#CCCSc1ccccc1NC(=O)CCn1nnc2ccccc2c1=O. The second kappa shape index (κ2) is 8.96. The monoisotopic (exact) mass is 379 g/mol. The van der Waals surface area contributed by atoms with Crippen molar-refractivity contribution in [3.63, 3.8) is 0 Å². The van der Waals surface area contributed by atoms with Crippen molar-refractivity contribution in [2.75, 3.05) is 11.1 Å². The molecule has 1 heterocycles. The summed E-state index contributed by atoms with van der Waals surface area (Å²) in [6.07, 6.45) is 0.542. The van der Waals surface area contributed by atoms with Crippen LogP contribution in [0.2, 0.25) is 0 Å². The number of rotatable bonds is 7. The Kier molecular flexibility index (Phi) is 6.18. The maximum absolute atomic E-state index is 12.4. The topological polar surface area (TPSA) is 101 Å². The molecule has 0 bridgehead atoms. The first kappa shape index (κ1) is 18.6. The first-order valence-electron chi connectivity index (χ1n) is 8.40. The van der Waals surface area contributed by atoms with Crippen molar-refractivity contribution in [1.82, 2.24) is 15.0 Å². The largest absolute Gasteiger partial charge is 0.325 e. The van der Waals surface area contributed by atoms with Crippen molar-refractivity contribution in [1.29, 1.82) is 5.26 Å². The lowest BCUT2D eigenvalue weighted by Crippen LogP contribution is -2.26. The van der Waals surface area contributed by atoms with Crippen LogP contribution >= 0.6 is 11.8 Å². The number of thioether (sulfide) groups is 1. The predicted molar refractivity (Wildman–Crippen MR) is 104 cm³/mol. The number of hydrogen-bond donors (Lipinski definition) is 1. The number of carbonyl (C=O) groups is 1. The molecule has 0 aliphatic rings. The lowest BCUT2D eigenvalue weighted by molar-refractivity contribution is -0.116. The Bertz CT molecular complexity index is 1060. The highest BCUT2D eigenvalue weighted by molar-refractivity contribution is 7.99. The number of nitriles is 1. The molecule has 27 heavy (non-hydrogen) atoms. The fourth-order valence-electron chi connectivity index (χ4n) is 2.49. The molecule has 0 aliphatic heterocycles. The number of nitrogens with one attached hydrogen (secondary N) is 1. The molecule has 136 valence electrons. The van der Waals surface area contributed by atoms with Crippen LogP contribution in [0.3, 0.4) is 0 Å². The van der Waals surface area contributed by atoms with Crippen LogP contribution in [0.25, 0.3) is 10.9 Å². The molecule has 0 saturated heterocycles. The van der Waals surface area contributed by atoms with E-state index in [9.17, 15) is 9.59 Å². The minimum Gasteiger partial charge on any atom is -0.325 e. The molecule has 0 aliphatic carbocycles. The second-order valence-electron chi connectivity index (χ2n) is 5.69. The third kappa shape index (κ3) is 4.71. The third-order valence-corrected chi connectivity index (χ3v) is 4.89. The lowest BCUT2D eigenvalue weighted by Gasteiger charge is -2.10. The molecule has 8 heteroatoms. The Morgan fingerprint density at radius 1 is 1.19 bits per heavy atom. The van der Waals surface area contributed by atoms with Gasteiger partial charge < -0.3 is 5.32 Å². The lowest BCUT2D eigenvalue weighted by atomic mass is 10.2. The van der Waals surface area contributed by atoms with E-state index in [-0.39, 0.29) is 24.4 Å². The standard InChI is InChI=1S/C19H17N5O2S/c20-11-5-13-27-17-9-4-3-8-16(17)21-18(25)10-12-24-19(26)14-6-1-2-7-15(14)22-23-24/h1-4,6-9H,5,10,12-13H2,(H,21,25). The van der Waals surface area contributed by atoms with Crippen molar-refractivity contribution in [2.45, 2.75) is 24.3 Å². The highest BCUT2D eigenvalue weighted by Crippen LogP contribution is 2.27. The number of anilines is 1.